The molecule has 118 valence electrons. The smallest absolute Gasteiger partial charge is 0.321 e. The number of anilines is 1. The van der Waals surface area contributed by atoms with Gasteiger partial charge in [-0.1, -0.05) is 0 Å². The maximum atomic E-state index is 12.2. The minimum atomic E-state index is -2.99. The predicted octanol–water partition coefficient (Wildman–Crippen LogP) is 1.39. The number of carbonyl (C=O) groups is 1. The van der Waals surface area contributed by atoms with Crippen LogP contribution < -0.4 is 10.6 Å². The van der Waals surface area contributed by atoms with E-state index in [1.807, 2.05) is 0 Å². The molecular weight excluding hydrogens is 322 g/mol. The Kier molecular flexibility index (Phi) is 2.56. The van der Waals surface area contributed by atoms with Crippen molar-refractivity contribution < 1.29 is 13.2 Å². The number of aryl methyl sites for hydroxylation is 1. The lowest BCUT2D eigenvalue weighted by Gasteiger charge is -2.15. The zero-order chi connectivity index (χ0) is 15.1. The lowest BCUT2D eigenvalue weighted by Crippen LogP contribution is -2.40. The van der Waals surface area contributed by atoms with Gasteiger partial charge in [0.1, 0.15) is 0 Å². The number of hydrogen-bond donors (Lipinski definition) is 2. The molecule has 0 saturated heterocycles. The maximum Gasteiger partial charge on any atom is 0.321 e. The largest absolute Gasteiger partial charge is 0.335 e. The van der Waals surface area contributed by atoms with E-state index in [0.717, 1.165) is 22.4 Å². The molecule has 8 heteroatoms. The summed E-state index contributed by atoms with van der Waals surface area (Å²) in [5, 5.41) is 6.41. The van der Waals surface area contributed by atoms with Crippen molar-refractivity contribution in [3.05, 3.63) is 10.6 Å². The number of amides is 2. The number of carbonyl (C=O) groups excluding carboxylic acids is 1. The van der Waals surface area contributed by atoms with Crippen molar-refractivity contribution >= 4 is 32.3 Å². The van der Waals surface area contributed by atoms with Gasteiger partial charge < -0.3 is 5.32 Å². The van der Waals surface area contributed by atoms with Gasteiger partial charge in [0.25, 0.3) is 0 Å². The Morgan fingerprint density at radius 2 is 1.91 bits per heavy atom. The first-order valence-electron chi connectivity index (χ1n) is 7.77. The normalized spacial score (nSPS) is 39.4. The molecular formula is C14H17N3O3S2. The van der Waals surface area contributed by atoms with Crippen molar-refractivity contribution in [2.75, 3.05) is 11.1 Å². The zero-order valence-electron chi connectivity index (χ0n) is 11.9. The van der Waals surface area contributed by atoms with Crippen LogP contribution in [0.4, 0.5) is 9.93 Å². The molecule has 2 heterocycles. The minimum absolute atomic E-state index is 0.0550. The van der Waals surface area contributed by atoms with E-state index in [0.29, 0.717) is 29.4 Å². The standard InChI is InChI=1S/C14H17N3O3S2/c18-13(16-12-8-3-6(8)7-4-9(7)12)17-14-15-10-1-2-22(19,20)5-11(10)21-14/h6-9,12H,1-5H2,(H2,15,16,17,18)/t6-,7-,8-,9-/m1/s1. The molecule has 3 fully saturated rings. The molecule has 22 heavy (non-hydrogen) atoms. The van der Waals surface area contributed by atoms with Gasteiger partial charge in [0.2, 0.25) is 0 Å². The molecule has 2 N–H and O–H groups in total. The third-order valence-electron chi connectivity index (χ3n) is 5.55. The fourth-order valence-corrected chi connectivity index (χ4v) is 7.15. The fraction of sp³-hybridized carbons (Fsp3) is 0.714. The van der Waals surface area contributed by atoms with Gasteiger partial charge in [-0.25, -0.2) is 18.2 Å². The summed E-state index contributed by atoms with van der Waals surface area (Å²) in [7, 11) is -2.99. The SMILES string of the molecule is O=C(Nc1nc2c(s1)CS(=O)(=O)CC2)NC1[C@@H]2C[C@@H]2[C@H]2C[C@@H]12. The molecule has 0 spiro atoms. The monoisotopic (exact) mass is 339 g/mol. The Labute approximate surface area is 132 Å². The molecule has 3 saturated carbocycles. The average molecular weight is 339 g/mol. The molecule has 1 aliphatic heterocycles. The number of aromatic nitrogens is 1. The van der Waals surface area contributed by atoms with Gasteiger partial charge in [-0.2, -0.15) is 0 Å². The molecule has 0 bridgehead atoms. The summed E-state index contributed by atoms with van der Waals surface area (Å²) in [6.45, 7) is 0. The Hall–Kier alpha value is -1.15. The number of hydrogen-bond acceptors (Lipinski definition) is 5. The highest BCUT2D eigenvalue weighted by molar-refractivity contribution is 7.90. The van der Waals surface area contributed by atoms with Gasteiger partial charge in [-0.05, 0) is 36.5 Å². The Morgan fingerprint density at radius 3 is 2.64 bits per heavy atom. The van der Waals surface area contributed by atoms with Crippen molar-refractivity contribution in [3.8, 4) is 0 Å². The van der Waals surface area contributed by atoms with E-state index in [2.05, 4.69) is 15.6 Å². The summed E-state index contributed by atoms with van der Waals surface area (Å²) in [6.07, 6.45) is 3.00. The van der Waals surface area contributed by atoms with Crippen molar-refractivity contribution in [2.24, 2.45) is 23.7 Å². The molecule has 2 amide bonds. The Balaban J connectivity index is 1.26. The highest BCUT2D eigenvalue weighted by Gasteiger charge is 2.67. The maximum absolute atomic E-state index is 12.2. The van der Waals surface area contributed by atoms with Crippen LogP contribution in [-0.2, 0) is 22.0 Å². The predicted molar refractivity (Wildman–Crippen MR) is 82.4 cm³/mol. The Morgan fingerprint density at radius 1 is 1.18 bits per heavy atom. The molecule has 1 aromatic rings. The molecule has 5 rings (SSSR count). The molecule has 4 atom stereocenters. The second kappa shape index (κ2) is 4.23. The second-order valence-electron chi connectivity index (χ2n) is 6.98. The molecule has 1 aromatic heterocycles. The van der Waals surface area contributed by atoms with E-state index >= 15 is 0 Å². The third-order valence-corrected chi connectivity index (χ3v) is 8.30. The van der Waals surface area contributed by atoms with E-state index in [1.165, 1.54) is 24.2 Å². The number of nitrogens with one attached hydrogen (secondary N) is 2. The summed E-state index contributed by atoms with van der Waals surface area (Å²) in [5.41, 5.74) is 0.820. The van der Waals surface area contributed by atoms with Crippen molar-refractivity contribution in [2.45, 2.75) is 31.1 Å². The summed E-state index contributed by atoms with van der Waals surface area (Å²) in [6, 6.07) is 0.141. The number of thiazole rings is 1. The fourth-order valence-electron chi connectivity index (χ4n) is 4.37. The van der Waals surface area contributed by atoms with E-state index in [-0.39, 0.29) is 17.5 Å². The van der Waals surface area contributed by atoms with Crippen molar-refractivity contribution in [1.82, 2.24) is 10.3 Å². The highest BCUT2D eigenvalue weighted by Crippen LogP contribution is 2.69. The van der Waals surface area contributed by atoms with Crippen molar-refractivity contribution in [3.63, 3.8) is 0 Å². The van der Waals surface area contributed by atoms with Gasteiger partial charge in [0, 0.05) is 17.3 Å². The van der Waals surface area contributed by atoms with E-state index in [1.54, 1.807) is 0 Å². The first-order valence-corrected chi connectivity index (χ1v) is 10.4. The van der Waals surface area contributed by atoms with Crippen LogP contribution >= 0.6 is 11.3 Å². The summed E-state index contributed by atoms with van der Waals surface area (Å²) in [5.74, 6) is 3.34. The molecule has 0 radical (unpaired) electrons. The molecule has 6 nitrogen and oxygen atoms in total. The second-order valence-corrected chi connectivity index (χ2v) is 10.2. The van der Waals surface area contributed by atoms with E-state index in [4.69, 9.17) is 0 Å². The summed E-state index contributed by atoms with van der Waals surface area (Å²) >= 11 is 1.28. The van der Waals surface area contributed by atoms with Crippen molar-refractivity contribution in [1.29, 1.82) is 0 Å². The van der Waals surface area contributed by atoms with Crippen LogP contribution in [0.3, 0.4) is 0 Å². The van der Waals surface area contributed by atoms with Gasteiger partial charge in [-0.3, -0.25) is 5.32 Å². The number of urea groups is 1. The number of rotatable bonds is 2. The lowest BCUT2D eigenvalue weighted by molar-refractivity contribution is 0.245. The van der Waals surface area contributed by atoms with Gasteiger partial charge in [0.05, 0.1) is 17.2 Å². The molecule has 0 aromatic carbocycles. The summed E-state index contributed by atoms with van der Waals surface area (Å²) < 4.78 is 23.3. The minimum Gasteiger partial charge on any atom is -0.335 e. The number of fused-ring (bicyclic) bond motifs is 4. The Bertz CT molecular complexity index is 756. The average Bonchev–Trinajstić information content (AvgIpc) is 3.30. The highest BCUT2D eigenvalue weighted by atomic mass is 32.2. The first-order chi connectivity index (χ1) is 10.5. The zero-order valence-corrected chi connectivity index (χ0v) is 13.5. The van der Waals surface area contributed by atoms with Crippen LogP contribution in [-0.4, -0.2) is 31.2 Å². The van der Waals surface area contributed by atoms with E-state index in [9.17, 15) is 13.2 Å². The number of sulfone groups is 1. The molecule has 3 aliphatic carbocycles. The number of nitrogens with zero attached hydrogens (tertiary/aromatic N) is 1. The third kappa shape index (κ3) is 2.07. The van der Waals surface area contributed by atoms with Gasteiger partial charge in [0.15, 0.2) is 15.0 Å². The van der Waals surface area contributed by atoms with Crippen LogP contribution in [0.2, 0.25) is 0 Å². The quantitative estimate of drug-likeness (QED) is 0.852. The van der Waals surface area contributed by atoms with Crippen LogP contribution in [0.5, 0.6) is 0 Å². The van der Waals surface area contributed by atoms with Crippen LogP contribution in [0, 0.1) is 23.7 Å². The van der Waals surface area contributed by atoms with E-state index < -0.39 is 9.84 Å². The van der Waals surface area contributed by atoms with Gasteiger partial charge >= 0.3 is 6.03 Å². The molecule has 0 unspecified atom stereocenters. The van der Waals surface area contributed by atoms with Gasteiger partial charge in [-0.15, -0.1) is 11.3 Å². The molecule has 4 aliphatic rings. The van der Waals surface area contributed by atoms with Crippen LogP contribution in [0.25, 0.3) is 0 Å². The van der Waals surface area contributed by atoms with Crippen LogP contribution in [0.15, 0.2) is 0 Å². The summed E-state index contributed by atoms with van der Waals surface area (Å²) in [4.78, 5) is 17.3. The topological polar surface area (TPSA) is 88.2 Å². The van der Waals surface area contributed by atoms with Crippen LogP contribution in [0.1, 0.15) is 23.4 Å². The lowest BCUT2D eigenvalue weighted by atomic mass is 10.1. The first kappa shape index (κ1) is 13.3.